The molecule has 2 heterocycles. The largest absolute Gasteiger partial charge is 0.443 e. The molecule has 0 radical (unpaired) electrons. The second-order valence-electron chi connectivity index (χ2n) is 9.16. The Hall–Kier alpha value is -1.89. The van der Waals surface area contributed by atoms with E-state index in [4.69, 9.17) is 18.9 Å². The first-order valence-electron chi connectivity index (χ1n) is 10.8. The molecule has 1 aliphatic carbocycles. The molecule has 1 aromatic carbocycles. The van der Waals surface area contributed by atoms with Crippen molar-refractivity contribution in [1.29, 1.82) is 0 Å². The summed E-state index contributed by atoms with van der Waals surface area (Å²) in [5, 5.41) is 2.85. The lowest BCUT2D eigenvalue weighted by molar-refractivity contribution is -0.118. The molecule has 1 saturated carbocycles. The zero-order chi connectivity index (χ0) is 21.4. The first-order valence-corrected chi connectivity index (χ1v) is 10.8. The van der Waals surface area contributed by atoms with Gasteiger partial charge in [-0.1, -0.05) is 42.0 Å². The third kappa shape index (κ3) is 4.27. The number of nitrogens with one attached hydrogen (secondary N) is 1. The molecule has 0 bridgehead atoms. The average Bonchev–Trinajstić information content (AvgIpc) is 3.64. The number of hydrogen-bond donors (Lipinski definition) is 1. The van der Waals surface area contributed by atoms with Crippen molar-refractivity contribution < 1.29 is 23.7 Å². The Labute approximate surface area is 178 Å². The van der Waals surface area contributed by atoms with Crippen molar-refractivity contribution in [2.24, 2.45) is 5.92 Å². The fraction of sp³-hybridized carbons (Fsp3) is 0.625. The summed E-state index contributed by atoms with van der Waals surface area (Å²) in [7, 11) is 1.69. The van der Waals surface area contributed by atoms with Crippen LogP contribution in [0, 0.1) is 5.92 Å². The summed E-state index contributed by atoms with van der Waals surface area (Å²) in [4.78, 5) is 12.5. The highest BCUT2D eigenvalue weighted by molar-refractivity contribution is 5.67. The smallest absolute Gasteiger partial charge is 0.407 e. The van der Waals surface area contributed by atoms with Crippen molar-refractivity contribution in [3.8, 4) is 0 Å². The van der Waals surface area contributed by atoms with E-state index in [0.29, 0.717) is 6.54 Å². The molecule has 4 rings (SSSR count). The van der Waals surface area contributed by atoms with Gasteiger partial charge in [-0.15, -0.1) is 0 Å². The highest BCUT2D eigenvalue weighted by Crippen LogP contribution is 2.59. The average molecular weight is 416 g/mol. The van der Waals surface area contributed by atoms with Crippen LogP contribution in [0.3, 0.4) is 0 Å². The van der Waals surface area contributed by atoms with E-state index in [1.165, 1.54) is 5.57 Å². The molecule has 6 atom stereocenters. The zero-order valence-corrected chi connectivity index (χ0v) is 18.4. The molecule has 164 valence electrons. The van der Waals surface area contributed by atoms with E-state index in [-0.39, 0.29) is 35.4 Å². The molecule has 3 fully saturated rings. The van der Waals surface area contributed by atoms with Crippen LogP contribution in [0.4, 0.5) is 4.79 Å². The quantitative estimate of drug-likeness (QED) is 0.539. The Kier molecular flexibility index (Phi) is 5.93. The number of rotatable bonds is 7. The van der Waals surface area contributed by atoms with Gasteiger partial charge in [-0.05, 0) is 45.6 Å². The van der Waals surface area contributed by atoms with Crippen LogP contribution in [-0.4, -0.2) is 49.3 Å². The highest BCUT2D eigenvalue weighted by Gasteiger charge is 2.72. The van der Waals surface area contributed by atoms with Crippen LogP contribution in [0.15, 0.2) is 42.0 Å². The fourth-order valence-corrected chi connectivity index (χ4v) is 5.02. The minimum absolute atomic E-state index is 0.0336. The molecule has 6 nitrogen and oxygen atoms in total. The van der Waals surface area contributed by atoms with Gasteiger partial charge in [0.2, 0.25) is 0 Å². The number of methoxy groups -OCH3 is 1. The van der Waals surface area contributed by atoms with E-state index in [2.05, 4.69) is 32.2 Å². The SMILES string of the molecule is CO[C@@H]1[C@H](OC(=O)NCc2ccccc2)CC[C@]2(CO2)[C@H]1[C@]1(C)O[C@H]1CC=C(C)C. The van der Waals surface area contributed by atoms with Gasteiger partial charge < -0.3 is 24.3 Å². The predicted octanol–water partition coefficient (Wildman–Crippen LogP) is 3.99. The molecular formula is C24H33NO5. The van der Waals surface area contributed by atoms with Gasteiger partial charge in [-0.2, -0.15) is 0 Å². The number of alkyl carbamates (subject to hydrolysis) is 1. The lowest BCUT2D eigenvalue weighted by atomic mass is 9.68. The maximum Gasteiger partial charge on any atom is 0.407 e. The normalized spacial score (nSPS) is 36.8. The van der Waals surface area contributed by atoms with E-state index >= 15 is 0 Å². The monoisotopic (exact) mass is 415 g/mol. The van der Waals surface area contributed by atoms with Gasteiger partial charge in [0.05, 0.1) is 18.6 Å². The lowest BCUT2D eigenvalue weighted by Crippen LogP contribution is -2.56. The number of benzene rings is 1. The van der Waals surface area contributed by atoms with Gasteiger partial charge in [-0.3, -0.25) is 0 Å². The van der Waals surface area contributed by atoms with Gasteiger partial charge in [0.1, 0.15) is 23.4 Å². The molecular weight excluding hydrogens is 382 g/mol. The van der Waals surface area contributed by atoms with E-state index < -0.39 is 6.09 Å². The van der Waals surface area contributed by atoms with E-state index in [9.17, 15) is 4.79 Å². The van der Waals surface area contributed by atoms with Crippen LogP contribution < -0.4 is 5.32 Å². The fourth-order valence-electron chi connectivity index (χ4n) is 5.02. The van der Waals surface area contributed by atoms with Crippen LogP contribution in [0.5, 0.6) is 0 Å². The molecule has 1 spiro atoms. The summed E-state index contributed by atoms with van der Waals surface area (Å²) < 4.78 is 23.9. The van der Waals surface area contributed by atoms with Crippen molar-refractivity contribution in [2.75, 3.05) is 13.7 Å². The zero-order valence-electron chi connectivity index (χ0n) is 18.4. The second-order valence-corrected chi connectivity index (χ2v) is 9.16. The van der Waals surface area contributed by atoms with E-state index in [1.54, 1.807) is 7.11 Å². The molecule has 1 aromatic rings. The standard InChI is InChI=1S/C24H33NO5/c1-16(2)10-11-19-23(3,30-19)21-20(27-4)18(12-13-24(21)15-28-24)29-22(26)25-14-17-8-6-5-7-9-17/h5-10,18-21H,11-15H2,1-4H3,(H,25,26)/t18-,19+,20-,21-,23-,24+/m1/s1. The van der Waals surface area contributed by atoms with Crippen LogP contribution >= 0.6 is 0 Å². The van der Waals surface area contributed by atoms with Crippen molar-refractivity contribution in [2.45, 2.75) is 76.1 Å². The van der Waals surface area contributed by atoms with Gasteiger partial charge in [0.25, 0.3) is 0 Å². The number of epoxide rings is 2. The van der Waals surface area contributed by atoms with Crippen molar-refractivity contribution in [3.63, 3.8) is 0 Å². The molecule has 1 amide bonds. The molecule has 6 heteroatoms. The summed E-state index contributed by atoms with van der Waals surface area (Å²) in [6.07, 6.45) is 3.81. The van der Waals surface area contributed by atoms with E-state index in [1.807, 2.05) is 30.3 Å². The van der Waals surface area contributed by atoms with Gasteiger partial charge in [0.15, 0.2) is 0 Å². The maximum atomic E-state index is 12.5. The molecule has 30 heavy (non-hydrogen) atoms. The maximum absolute atomic E-state index is 12.5. The second kappa shape index (κ2) is 8.33. The Bertz CT molecular complexity index is 786. The summed E-state index contributed by atoms with van der Waals surface area (Å²) >= 11 is 0. The number of ether oxygens (including phenoxy) is 4. The van der Waals surface area contributed by atoms with Gasteiger partial charge in [0, 0.05) is 13.7 Å². The molecule has 2 saturated heterocycles. The third-order valence-electron chi connectivity index (χ3n) is 6.78. The molecule has 1 N–H and O–H groups in total. The van der Waals surface area contributed by atoms with Crippen molar-refractivity contribution in [1.82, 2.24) is 5.32 Å². The minimum Gasteiger partial charge on any atom is -0.443 e. The third-order valence-corrected chi connectivity index (χ3v) is 6.78. The van der Waals surface area contributed by atoms with E-state index in [0.717, 1.165) is 31.4 Å². The molecule has 0 unspecified atom stereocenters. The van der Waals surface area contributed by atoms with Crippen LogP contribution in [-0.2, 0) is 25.5 Å². The molecule has 2 aliphatic heterocycles. The number of amides is 1. The summed E-state index contributed by atoms with van der Waals surface area (Å²) in [6.45, 7) is 7.50. The molecule has 0 aromatic heterocycles. The lowest BCUT2D eigenvalue weighted by Gasteiger charge is -2.42. The van der Waals surface area contributed by atoms with Gasteiger partial charge >= 0.3 is 6.09 Å². The number of hydrogen-bond acceptors (Lipinski definition) is 5. The summed E-state index contributed by atoms with van der Waals surface area (Å²) in [5.41, 5.74) is 1.78. The van der Waals surface area contributed by atoms with Crippen molar-refractivity contribution in [3.05, 3.63) is 47.5 Å². The number of carbonyl (C=O) groups excluding carboxylic acids is 1. The van der Waals surface area contributed by atoms with Crippen molar-refractivity contribution >= 4 is 6.09 Å². The first kappa shape index (κ1) is 21.3. The van der Waals surface area contributed by atoms with Crippen LogP contribution in [0.1, 0.15) is 45.6 Å². The van der Waals surface area contributed by atoms with Crippen LogP contribution in [0.25, 0.3) is 0 Å². The predicted molar refractivity (Wildman–Crippen MR) is 113 cm³/mol. The number of allylic oxidation sites excluding steroid dienone is 1. The first-order chi connectivity index (χ1) is 14.4. The summed E-state index contributed by atoms with van der Waals surface area (Å²) in [6, 6.07) is 9.80. The van der Waals surface area contributed by atoms with Crippen LogP contribution in [0.2, 0.25) is 0 Å². The topological polar surface area (TPSA) is 72.6 Å². The highest BCUT2D eigenvalue weighted by atomic mass is 16.6. The molecule has 3 aliphatic rings. The Morgan fingerprint density at radius 3 is 2.67 bits per heavy atom. The summed E-state index contributed by atoms with van der Waals surface area (Å²) in [5.74, 6) is 0.0336. The minimum atomic E-state index is -0.416. The Balaban J connectivity index is 1.41. The Morgan fingerprint density at radius 1 is 1.30 bits per heavy atom. The van der Waals surface area contributed by atoms with Gasteiger partial charge in [-0.25, -0.2) is 4.79 Å². The number of carbonyl (C=O) groups is 1. The Morgan fingerprint density at radius 2 is 2.03 bits per heavy atom.